The van der Waals surface area contributed by atoms with Gasteiger partial charge in [0.2, 0.25) is 0 Å². The molecular weight excluding hydrogens is 234 g/mol. The van der Waals surface area contributed by atoms with Gasteiger partial charge < -0.3 is 4.55 Å². The van der Waals surface area contributed by atoms with Crippen LogP contribution in [-0.2, 0) is 16.2 Å². The first-order chi connectivity index (χ1) is 8.13. The minimum Gasteiger partial charge on any atom is -0.588 e. The second-order valence-electron chi connectivity index (χ2n) is 3.66. The molecule has 17 heavy (non-hydrogen) atoms. The summed E-state index contributed by atoms with van der Waals surface area (Å²) in [6, 6.07) is 7.20. The van der Waals surface area contributed by atoms with Gasteiger partial charge in [-0.1, -0.05) is 17.7 Å². The molecule has 1 N–H and O–H groups in total. The third-order valence-corrected chi connectivity index (χ3v) is 3.28. The Hall–Kier alpha value is -1.44. The van der Waals surface area contributed by atoms with Crippen molar-refractivity contribution in [1.82, 2.24) is 4.72 Å². The summed E-state index contributed by atoms with van der Waals surface area (Å²) < 4.78 is 14.2. The van der Waals surface area contributed by atoms with Crippen LogP contribution in [0.4, 0.5) is 0 Å². The van der Waals surface area contributed by atoms with Gasteiger partial charge >= 0.3 is 0 Å². The molecule has 0 spiro atoms. The van der Waals surface area contributed by atoms with Gasteiger partial charge in [-0.2, -0.15) is 4.72 Å². The van der Waals surface area contributed by atoms with Gasteiger partial charge in [0.1, 0.15) is 11.4 Å². The fraction of sp³-hybridized carbons (Fsp3) is 0.308. The van der Waals surface area contributed by atoms with Crippen molar-refractivity contribution < 1.29 is 9.35 Å². The molecule has 0 fully saturated rings. The fourth-order valence-electron chi connectivity index (χ4n) is 1.23. The Kier molecular flexibility index (Phi) is 5.61. The van der Waals surface area contributed by atoms with E-state index in [4.69, 9.17) is 6.42 Å². The van der Waals surface area contributed by atoms with Crippen LogP contribution in [-0.4, -0.2) is 10.5 Å². The first kappa shape index (κ1) is 13.6. The number of rotatable bonds is 5. The van der Waals surface area contributed by atoms with Crippen molar-refractivity contribution in [1.29, 1.82) is 0 Å². The molecule has 1 aromatic carbocycles. The molecule has 1 amide bonds. The monoisotopic (exact) mass is 249 g/mol. The fourth-order valence-corrected chi connectivity index (χ4v) is 2.04. The highest BCUT2D eigenvalue weighted by Crippen LogP contribution is 2.10. The number of benzene rings is 1. The zero-order valence-electron chi connectivity index (χ0n) is 9.73. The topological polar surface area (TPSA) is 52.2 Å². The second-order valence-corrected chi connectivity index (χ2v) is 4.88. The molecule has 0 saturated carbocycles. The van der Waals surface area contributed by atoms with Crippen LogP contribution in [0.1, 0.15) is 24.8 Å². The summed E-state index contributed by atoms with van der Waals surface area (Å²) in [7, 11) is 0. The maximum Gasteiger partial charge on any atom is 0.261 e. The highest BCUT2D eigenvalue weighted by molar-refractivity contribution is 7.90. The quantitative estimate of drug-likeness (QED) is 0.492. The number of hydrogen-bond acceptors (Lipinski definition) is 2. The lowest BCUT2D eigenvalue weighted by molar-refractivity contribution is -0.119. The van der Waals surface area contributed by atoms with Crippen molar-refractivity contribution in [2.75, 3.05) is 0 Å². The largest absolute Gasteiger partial charge is 0.588 e. The first-order valence-corrected chi connectivity index (χ1v) is 6.50. The number of carbonyl (C=O) groups is 1. The lowest BCUT2D eigenvalue weighted by atomic mass is 10.2. The Morgan fingerprint density at radius 2 is 2.12 bits per heavy atom. The predicted octanol–water partition coefficient (Wildman–Crippen LogP) is 1.94. The van der Waals surface area contributed by atoms with Crippen LogP contribution in [0.25, 0.3) is 0 Å². The Morgan fingerprint density at radius 3 is 2.71 bits per heavy atom. The molecule has 0 heterocycles. The van der Waals surface area contributed by atoms with E-state index >= 15 is 0 Å². The van der Waals surface area contributed by atoms with Crippen LogP contribution < -0.4 is 4.72 Å². The van der Waals surface area contributed by atoms with E-state index in [-0.39, 0.29) is 5.91 Å². The Labute approximate surface area is 105 Å². The van der Waals surface area contributed by atoms with Crippen molar-refractivity contribution in [2.24, 2.45) is 0 Å². The van der Waals surface area contributed by atoms with E-state index in [2.05, 4.69) is 10.6 Å². The summed E-state index contributed by atoms with van der Waals surface area (Å²) >= 11 is -1.48. The third kappa shape index (κ3) is 4.94. The van der Waals surface area contributed by atoms with Crippen molar-refractivity contribution in [3.05, 3.63) is 29.8 Å². The van der Waals surface area contributed by atoms with Crippen LogP contribution in [0.5, 0.6) is 0 Å². The minimum absolute atomic E-state index is 0.237. The van der Waals surface area contributed by atoms with Gasteiger partial charge in [-0.3, -0.25) is 4.79 Å². The number of unbranched alkanes of at least 4 members (excludes halogenated alkanes) is 1. The van der Waals surface area contributed by atoms with Crippen LogP contribution in [0.3, 0.4) is 0 Å². The number of carbonyl (C=O) groups excluding carboxylic acids is 1. The summed E-state index contributed by atoms with van der Waals surface area (Å²) in [5.41, 5.74) is 1.09. The highest BCUT2D eigenvalue weighted by Gasteiger charge is 2.14. The normalized spacial score (nSPS) is 11.6. The molecule has 3 nitrogen and oxygen atoms in total. The molecule has 0 aliphatic carbocycles. The van der Waals surface area contributed by atoms with E-state index in [1.165, 1.54) is 0 Å². The van der Waals surface area contributed by atoms with Gasteiger partial charge in [0.25, 0.3) is 5.91 Å². The molecule has 1 aromatic rings. The number of amides is 1. The lowest BCUT2D eigenvalue weighted by Crippen LogP contribution is -2.30. The summed E-state index contributed by atoms with van der Waals surface area (Å²) in [4.78, 5) is 12.0. The molecule has 0 aliphatic heterocycles. The highest BCUT2D eigenvalue weighted by atomic mass is 32.2. The SMILES string of the molecule is C#CCCCC(=O)N[S+]([O-])c1ccc(C)cc1. The van der Waals surface area contributed by atoms with Gasteiger partial charge in [0, 0.05) is 12.8 Å². The summed E-state index contributed by atoms with van der Waals surface area (Å²) in [6.45, 7) is 1.95. The Bertz CT molecular complexity index is 408. The van der Waals surface area contributed by atoms with E-state index in [0.717, 1.165) is 5.56 Å². The lowest BCUT2D eigenvalue weighted by Gasteiger charge is -2.10. The third-order valence-electron chi connectivity index (χ3n) is 2.17. The first-order valence-electron chi connectivity index (χ1n) is 5.35. The summed E-state index contributed by atoms with van der Waals surface area (Å²) in [5.74, 6) is 2.22. The Balaban J connectivity index is 2.43. The molecule has 90 valence electrons. The van der Waals surface area contributed by atoms with Crippen molar-refractivity contribution in [2.45, 2.75) is 31.1 Å². The van der Waals surface area contributed by atoms with Crippen molar-refractivity contribution in [3.8, 4) is 12.3 Å². The molecule has 0 aliphatic rings. The predicted molar refractivity (Wildman–Crippen MR) is 68.4 cm³/mol. The molecule has 0 radical (unpaired) electrons. The average Bonchev–Trinajstić information content (AvgIpc) is 2.30. The Morgan fingerprint density at radius 1 is 1.47 bits per heavy atom. The van der Waals surface area contributed by atoms with E-state index in [1.807, 2.05) is 19.1 Å². The van der Waals surface area contributed by atoms with Crippen LogP contribution >= 0.6 is 0 Å². The maximum absolute atomic E-state index is 11.7. The number of aryl methyl sites for hydroxylation is 1. The minimum atomic E-state index is -1.48. The molecule has 1 atom stereocenters. The van der Waals surface area contributed by atoms with Gasteiger partial charge in [-0.05, 0) is 25.5 Å². The number of hydrogen-bond donors (Lipinski definition) is 1. The smallest absolute Gasteiger partial charge is 0.261 e. The van der Waals surface area contributed by atoms with E-state index in [9.17, 15) is 9.35 Å². The molecule has 1 rings (SSSR count). The van der Waals surface area contributed by atoms with Gasteiger partial charge in [-0.25, -0.2) is 0 Å². The molecule has 1 unspecified atom stereocenters. The molecule has 0 bridgehead atoms. The number of nitrogens with one attached hydrogen (secondary N) is 1. The van der Waals surface area contributed by atoms with Crippen LogP contribution in [0, 0.1) is 19.3 Å². The van der Waals surface area contributed by atoms with Crippen LogP contribution in [0.15, 0.2) is 29.2 Å². The van der Waals surface area contributed by atoms with Crippen molar-refractivity contribution in [3.63, 3.8) is 0 Å². The van der Waals surface area contributed by atoms with Gasteiger partial charge in [0.15, 0.2) is 4.90 Å². The zero-order chi connectivity index (χ0) is 12.7. The number of terminal acetylenes is 1. The molecule has 0 saturated heterocycles. The van der Waals surface area contributed by atoms with E-state index < -0.39 is 11.4 Å². The standard InChI is InChI=1S/C13H15NO2S/c1-3-4-5-6-13(15)14-17(16)12-9-7-11(2)8-10-12/h1,7-10H,4-6H2,2H3,(H,14,15). The van der Waals surface area contributed by atoms with Crippen LogP contribution in [0.2, 0.25) is 0 Å². The average molecular weight is 249 g/mol. The summed E-state index contributed by atoms with van der Waals surface area (Å²) in [6.07, 6.45) is 6.57. The molecular formula is C13H15NO2S. The van der Waals surface area contributed by atoms with E-state index in [0.29, 0.717) is 24.2 Å². The summed E-state index contributed by atoms with van der Waals surface area (Å²) in [5, 5.41) is 0. The molecule has 4 heteroatoms. The molecule has 0 aromatic heterocycles. The van der Waals surface area contributed by atoms with Gasteiger partial charge in [0.05, 0.1) is 0 Å². The van der Waals surface area contributed by atoms with E-state index in [1.54, 1.807) is 12.1 Å². The maximum atomic E-state index is 11.7. The zero-order valence-corrected chi connectivity index (χ0v) is 10.5. The second kappa shape index (κ2) is 7.00. The van der Waals surface area contributed by atoms with Crippen molar-refractivity contribution >= 4 is 17.3 Å². The van der Waals surface area contributed by atoms with Gasteiger partial charge in [-0.15, -0.1) is 12.3 Å².